The van der Waals surface area contributed by atoms with E-state index in [0.29, 0.717) is 41.5 Å². The van der Waals surface area contributed by atoms with Gasteiger partial charge in [-0.05, 0) is 60.9 Å². The number of aliphatic carboxylic acids is 1. The monoisotopic (exact) mass is 547 g/mol. The van der Waals surface area contributed by atoms with E-state index in [-0.39, 0.29) is 18.2 Å². The minimum atomic E-state index is -1.07. The number of ether oxygens (including phenoxy) is 1. The summed E-state index contributed by atoms with van der Waals surface area (Å²) in [4.78, 5) is 45.0. The molecular formula is C30H30ClN3O5. The number of benzene rings is 3. The highest BCUT2D eigenvalue weighted by molar-refractivity contribution is 6.30. The second-order valence-corrected chi connectivity index (χ2v) is 9.86. The second-order valence-electron chi connectivity index (χ2n) is 9.42. The van der Waals surface area contributed by atoms with Crippen LogP contribution in [0.25, 0.3) is 0 Å². The Kier molecular flexibility index (Phi) is 8.99. The zero-order valence-electron chi connectivity index (χ0n) is 21.8. The van der Waals surface area contributed by atoms with Crippen molar-refractivity contribution in [3.05, 3.63) is 101 Å². The standard InChI is InChI=1S/C30H30ClN3O5/c1-20-26(29(36)37)27(23-10-6-11-24(31)18-23)34(30(38)32-20)17-7-16-33(2)28(35)22-12-14-25(15-13-22)39-19-21-8-4-3-5-9-21/h3-6,8-15,18,26-27H,7,16-17,19H2,1-2H3,(H,36,37). The molecule has 1 aliphatic rings. The van der Waals surface area contributed by atoms with Crippen LogP contribution < -0.4 is 4.74 Å². The maximum atomic E-state index is 13.0. The van der Waals surface area contributed by atoms with Crippen molar-refractivity contribution in [3.8, 4) is 5.75 Å². The van der Waals surface area contributed by atoms with E-state index in [0.717, 1.165) is 5.56 Å². The van der Waals surface area contributed by atoms with Crippen LogP contribution in [0.2, 0.25) is 5.02 Å². The normalized spacial score (nSPS) is 16.9. The summed E-state index contributed by atoms with van der Waals surface area (Å²) in [5.74, 6) is -1.57. The van der Waals surface area contributed by atoms with E-state index in [2.05, 4.69) is 4.99 Å². The summed E-state index contributed by atoms with van der Waals surface area (Å²) in [6.07, 6.45) is 0.435. The number of carbonyl (C=O) groups excluding carboxylic acids is 2. The molecule has 202 valence electrons. The Morgan fingerprint density at radius 1 is 1.05 bits per heavy atom. The van der Waals surface area contributed by atoms with Gasteiger partial charge in [0.2, 0.25) is 0 Å². The Bertz CT molecular complexity index is 1360. The predicted octanol–water partition coefficient (Wildman–Crippen LogP) is 5.72. The Balaban J connectivity index is 1.38. The van der Waals surface area contributed by atoms with Crippen molar-refractivity contribution >= 4 is 35.2 Å². The lowest BCUT2D eigenvalue weighted by Crippen LogP contribution is -2.47. The third-order valence-electron chi connectivity index (χ3n) is 6.66. The molecule has 1 aliphatic heterocycles. The van der Waals surface area contributed by atoms with Gasteiger partial charge in [-0.2, -0.15) is 0 Å². The van der Waals surface area contributed by atoms with Crippen LogP contribution in [0.5, 0.6) is 5.75 Å². The molecule has 2 unspecified atom stereocenters. The average molecular weight is 548 g/mol. The summed E-state index contributed by atoms with van der Waals surface area (Å²) in [6, 6.07) is 22.4. The number of carbonyl (C=O) groups is 3. The number of hydrogen-bond donors (Lipinski definition) is 1. The van der Waals surface area contributed by atoms with Crippen LogP contribution >= 0.6 is 11.6 Å². The predicted molar refractivity (Wildman–Crippen MR) is 149 cm³/mol. The molecule has 3 aromatic rings. The zero-order valence-corrected chi connectivity index (χ0v) is 22.5. The third kappa shape index (κ3) is 6.83. The topological polar surface area (TPSA) is 99.5 Å². The SMILES string of the molecule is CC1=NC(=O)N(CCCN(C)C(=O)c2ccc(OCc3ccccc3)cc2)C(c2cccc(Cl)c2)C1C(=O)O. The van der Waals surface area contributed by atoms with Crippen molar-refractivity contribution in [2.24, 2.45) is 10.9 Å². The molecule has 4 rings (SSSR count). The molecule has 39 heavy (non-hydrogen) atoms. The molecule has 0 aliphatic carbocycles. The number of rotatable bonds is 10. The molecular weight excluding hydrogens is 518 g/mol. The van der Waals surface area contributed by atoms with Gasteiger partial charge in [0, 0.05) is 36.4 Å². The fraction of sp³-hybridized carbons (Fsp3) is 0.267. The number of halogens is 1. The van der Waals surface area contributed by atoms with Crippen molar-refractivity contribution in [2.75, 3.05) is 20.1 Å². The first-order valence-corrected chi connectivity index (χ1v) is 13.0. The van der Waals surface area contributed by atoms with Crippen molar-refractivity contribution in [3.63, 3.8) is 0 Å². The van der Waals surface area contributed by atoms with Crippen molar-refractivity contribution < 1.29 is 24.2 Å². The Morgan fingerprint density at radius 2 is 1.77 bits per heavy atom. The number of urea groups is 1. The molecule has 0 saturated carbocycles. The Labute approximate surface area is 232 Å². The molecule has 0 aromatic heterocycles. The van der Waals surface area contributed by atoms with Gasteiger partial charge in [-0.3, -0.25) is 9.59 Å². The van der Waals surface area contributed by atoms with Gasteiger partial charge in [0.15, 0.2) is 0 Å². The summed E-state index contributed by atoms with van der Waals surface area (Å²) in [5.41, 5.74) is 2.44. The van der Waals surface area contributed by atoms with Gasteiger partial charge in [-0.15, -0.1) is 0 Å². The van der Waals surface area contributed by atoms with E-state index < -0.39 is 24.0 Å². The minimum absolute atomic E-state index is 0.168. The molecule has 1 heterocycles. The van der Waals surface area contributed by atoms with E-state index in [1.54, 1.807) is 67.4 Å². The lowest BCUT2D eigenvalue weighted by atomic mass is 9.87. The molecule has 8 nitrogen and oxygen atoms in total. The van der Waals surface area contributed by atoms with Gasteiger partial charge in [0.25, 0.3) is 5.91 Å². The van der Waals surface area contributed by atoms with Gasteiger partial charge >= 0.3 is 12.0 Å². The van der Waals surface area contributed by atoms with Crippen LogP contribution in [-0.4, -0.2) is 58.7 Å². The van der Waals surface area contributed by atoms with Gasteiger partial charge in [0.1, 0.15) is 18.3 Å². The van der Waals surface area contributed by atoms with E-state index in [9.17, 15) is 19.5 Å². The van der Waals surface area contributed by atoms with Crippen LogP contribution in [0.1, 0.15) is 40.9 Å². The fourth-order valence-corrected chi connectivity index (χ4v) is 4.86. The molecule has 1 N–H and O–H groups in total. The maximum absolute atomic E-state index is 13.0. The van der Waals surface area contributed by atoms with Gasteiger partial charge in [-0.25, -0.2) is 9.79 Å². The van der Waals surface area contributed by atoms with E-state index in [1.807, 2.05) is 30.3 Å². The quantitative estimate of drug-likeness (QED) is 0.350. The first kappa shape index (κ1) is 27.9. The highest BCUT2D eigenvalue weighted by Crippen LogP contribution is 2.35. The largest absolute Gasteiger partial charge is 0.489 e. The van der Waals surface area contributed by atoms with Crippen LogP contribution in [0.15, 0.2) is 83.9 Å². The number of aliphatic imine (C=N–C) groups is 1. The Hall–Kier alpha value is -4.17. The summed E-state index contributed by atoms with van der Waals surface area (Å²) >= 11 is 6.17. The lowest BCUT2D eigenvalue weighted by molar-refractivity contribution is -0.141. The van der Waals surface area contributed by atoms with E-state index >= 15 is 0 Å². The molecule has 3 amide bonds. The molecule has 3 aromatic carbocycles. The van der Waals surface area contributed by atoms with Crippen LogP contribution in [0, 0.1) is 5.92 Å². The maximum Gasteiger partial charge on any atom is 0.344 e. The molecule has 0 bridgehead atoms. The summed E-state index contributed by atoms with van der Waals surface area (Å²) in [7, 11) is 1.69. The fourth-order valence-electron chi connectivity index (χ4n) is 4.66. The number of carboxylic acid groups (broad SMARTS) is 1. The third-order valence-corrected chi connectivity index (χ3v) is 6.90. The van der Waals surface area contributed by atoms with Gasteiger partial charge in [0.05, 0.1) is 6.04 Å². The van der Waals surface area contributed by atoms with E-state index in [4.69, 9.17) is 16.3 Å². The number of hydrogen-bond acceptors (Lipinski definition) is 4. The number of amides is 3. The summed E-state index contributed by atoms with van der Waals surface area (Å²) < 4.78 is 5.79. The molecule has 2 atom stereocenters. The number of carboxylic acids is 1. The Morgan fingerprint density at radius 3 is 2.44 bits per heavy atom. The average Bonchev–Trinajstić information content (AvgIpc) is 2.93. The highest BCUT2D eigenvalue weighted by atomic mass is 35.5. The van der Waals surface area contributed by atoms with Crippen LogP contribution in [0.4, 0.5) is 4.79 Å². The minimum Gasteiger partial charge on any atom is -0.489 e. The molecule has 9 heteroatoms. The highest BCUT2D eigenvalue weighted by Gasteiger charge is 2.42. The molecule has 0 saturated heterocycles. The first-order valence-electron chi connectivity index (χ1n) is 12.6. The van der Waals surface area contributed by atoms with Gasteiger partial charge < -0.3 is 19.6 Å². The van der Waals surface area contributed by atoms with Crippen molar-refractivity contribution in [2.45, 2.75) is 26.0 Å². The lowest BCUT2D eigenvalue weighted by Gasteiger charge is -2.38. The van der Waals surface area contributed by atoms with Crippen molar-refractivity contribution in [1.29, 1.82) is 0 Å². The van der Waals surface area contributed by atoms with Crippen LogP contribution in [0.3, 0.4) is 0 Å². The van der Waals surface area contributed by atoms with Gasteiger partial charge in [-0.1, -0.05) is 54.1 Å². The van der Waals surface area contributed by atoms with Crippen molar-refractivity contribution in [1.82, 2.24) is 9.80 Å². The number of nitrogens with zero attached hydrogens (tertiary/aromatic N) is 3. The second kappa shape index (κ2) is 12.6. The summed E-state index contributed by atoms with van der Waals surface area (Å²) in [6.45, 7) is 2.57. The smallest absolute Gasteiger partial charge is 0.344 e. The zero-order chi connectivity index (χ0) is 27.9. The molecule has 0 fully saturated rings. The van der Waals surface area contributed by atoms with Crippen LogP contribution in [-0.2, 0) is 11.4 Å². The molecule has 0 radical (unpaired) electrons. The first-order chi connectivity index (χ1) is 18.7. The molecule has 0 spiro atoms. The summed E-state index contributed by atoms with van der Waals surface area (Å²) in [5, 5.41) is 10.4. The van der Waals surface area contributed by atoms with E-state index in [1.165, 1.54) is 4.90 Å².